The van der Waals surface area contributed by atoms with Gasteiger partial charge in [-0.1, -0.05) is 17.7 Å². The second kappa shape index (κ2) is 5.32. The lowest BCUT2D eigenvalue weighted by Crippen LogP contribution is -2.13. The van der Waals surface area contributed by atoms with Gasteiger partial charge in [0.25, 0.3) is 0 Å². The summed E-state index contributed by atoms with van der Waals surface area (Å²) in [6, 6.07) is 4.41. The van der Waals surface area contributed by atoms with E-state index in [1.165, 1.54) is 12.1 Å². The summed E-state index contributed by atoms with van der Waals surface area (Å²) < 4.78 is 12.8. The third-order valence-corrected chi connectivity index (χ3v) is 2.01. The molecule has 0 amide bonds. The van der Waals surface area contributed by atoms with Crippen LogP contribution in [0, 0.1) is 17.3 Å². The number of nitriles is 1. The van der Waals surface area contributed by atoms with Crippen molar-refractivity contribution < 1.29 is 4.39 Å². The van der Waals surface area contributed by atoms with Crippen molar-refractivity contribution in [2.24, 2.45) is 4.99 Å². The maximum absolute atomic E-state index is 12.8. The van der Waals surface area contributed by atoms with E-state index in [0.717, 1.165) is 5.56 Å². The van der Waals surface area contributed by atoms with Gasteiger partial charge in [-0.05, 0) is 24.6 Å². The number of benzene rings is 1. The van der Waals surface area contributed by atoms with Gasteiger partial charge in [0.2, 0.25) is 0 Å². The van der Waals surface area contributed by atoms with Gasteiger partial charge in [-0.2, -0.15) is 5.26 Å². The molecule has 0 heterocycles. The van der Waals surface area contributed by atoms with Crippen LogP contribution in [0.25, 0.3) is 0 Å². The third kappa shape index (κ3) is 3.56. The first-order valence-electron chi connectivity index (χ1n) is 4.23. The van der Waals surface area contributed by atoms with Crippen molar-refractivity contribution >= 4 is 17.4 Å². The summed E-state index contributed by atoms with van der Waals surface area (Å²) in [5.74, 6) is 0.0641. The summed E-state index contributed by atoms with van der Waals surface area (Å²) in [5.41, 5.74) is 0.792. The van der Waals surface area contributed by atoms with Crippen molar-refractivity contribution in [3.05, 3.63) is 34.6 Å². The van der Waals surface area contributed by atoms with Crippen LogP contribution in [0.2, 0.25) is 5.02 Å². The number of nitrogens with one attached hydrogen (secondary N) is 1. The zero-order chi connectivity index (χ0) is 11.3. The number of rotatable bonds is 2. The van der Waals surface area contributed by atoms with Gasteiger partial charge >= 0.3 is 0 Å². The molecule has 0 spiro atoms. The number of hydrogen-bond acceptors (Lipinski definition) is 2. The molecule has 5 heteroatoms. The predicted molar refractivity (Wildman–Crippen MR) is 57.0 cm³/mol. The molecule has 0 aliphatic rings. The van der Waals surface area contributed by atoms with Crippen molar-refractivity contribution in [2.75, 3.05) is 0 Å². The molecule has 0 unspecified atom stereocenters. The van der Waals surface area contributed by atoms with E-state index in [4.69, 9.17) is 16.9 Å². The Morgan fingerprint density at radius 1 is 1.67 bits per heavy atom. The summed E-state index contributed by atoms with van der Waals surface area (Å²) in [7, 11) is 0. The lowest BCUT2D eigenvalue weighted by molar-refractivity contribution is 0.627. The Hall–Kier alpha value is -1.60. The molecule has 1 aromatic carbocycles. The molecule has 0 bridgehead atoms. The molecule has 3 nitrogen and oxygen atoms in total. The summed E-state index contributed by atoms with van der Waals surface area (Å²) in [4.78, 5) is 4.06. The highest BCUT2D eigenvalue weighted by atomic mass is 35.5. The van der Waals surface area contributed by atoms with E-state index >= 15 is 0 Å². The number of nitrogens with zero attached hydrogens (tertiary/aromatic N) is 2. The molecular formula is C10H9ClFN3. The molecule has 0 atom stereocenters. The van der Waals surface area contributed by atoms with Crippen LogP contribution in [0.3, 0.4) is 0 Å². The first-order valence-corrected chi connectivity index (χ1v) is 4.61. The topological polar surface area (TPSA) is 48.2 Å². The van der Waals surface area contributed by atoms with E-state index in [1.54, 1.807) is 19.2 Å². The van der Waals surface area contributed by atoms with Gasteiger partial charge in [0.1, 0.15) is 11.7 Å². The molecule has 0 fully saturated rings. The highest BCUT2D eigenvalue weighted by Crippen LogP contribution is 2.16. The molecule has 0 saturated carbocycles. The minimum atomic E-state index is -0.448. The summed E-state index contributed by atoms with van der Waals surface area (Å²) in [6.07, 6.45) is 1.76. The molecule has 0 radical (unpaired) electrons. The monoisotopic (exact) mass is 225 g/mol. The molecule has 78 valence electrons. The van der Waals surface area contributed by atoms with Gasteiger partial charge in [0.05, 0.1) is 11.6 Å². The Balaban J connectivity index is 2.70. The summed E-state index contributed by atoms with van der Waals surface area (Å²) in [5, 5.41) is 10.8. The first kappa shape index (κ1) is 11.5. The van der Waals surface area contributed by atoms with Crippen LogP contribution in [-0.4, -0.2) is 5.84 Å². The third-order valence-electron chi connectivity index (χ3n) is 1.72. The SMILES string of the molecule is CC(=NCc1ccc(F)c(Cl)c1)NC#N. The van der Waals surface area contributed by atoms with Crippen LogP contribution < -0.4 is 5.32 Å². The molecule has 1 aromatic rings. The Bertz CT molecular complexity index is 423. The molecular weight excluding hydrogens is 217 g/mol. The van der Waals surface area contributed by atoms with E-state index < -0.39 is 5.82 Å². The van der Waals surface area contributed by atoms with Gasteiger partial charge in [0.15, 0.2) is 6.19 Å². The van der Waals surface area contributed by atoms with Crippen LogP contribution >= 0.6 is 11.6 Å². The zero-order valence-corrected chi connectivity index (χ0v) is 8.85. The maximum Gasteiger partial charge on any atom is 0.182 e. The lowest BCUT2D eigenvalue weighted by atomic mass is 10.2. The van der Waals surface area contributed by atoms with Gasteiger partial charge in [-0.25, -0.2) is 4.39 Å². The quantitative estimate of drug-likeness (QED) is 0.364. The highest BCUT2D eigenvalue weighted by Gasteiger charge is 2.00. The van der Waals surface area contributed by atoms with Crippen LogP contribution in [0.1, 0.15) is 12.5 Å². The van der Waals surface area contributed by atoms with Crippen molar-refractivity contribution in [2.45, 2.75) is 13.5 Å². The van der Waals surface area contributed by atoms with E-state index in [-0.39, 0.29) is 5.02 Å². The average Bonchev–Trinajstić information content (AvgIpc) is 2.20. The second-order valence-corrected chi connectivity index (χ2v) is 3.29. The van der Waals surface area contributed by atoms with Crippen molar-refractivity contribution in [1.82, 2.24) is 5.32 Å². The van der Waals surface area contributed by atoms with E-state index in [9.17, 15) is 4.39 Å². The fourth-order valence-corrected chi connectivity index (χ4v) is 1.17. The number of halogens is 2. The Labute approximate surface area is 92.2 Å². The second-order valence-electron chi connectivity index (χ2n) is 2.89. The van der Waals surface area contributed by atoms with Crippen molar-refractivity contribution in [3.8, 4) is 6.19 Å². The Morgan fingerprint density at radius 2 is 2.40 bits per heavy atom. The molecule has 0 aliphatic heterocycles. The van der Waals surface area contributed by atoms with Gasteiger partial charge in [0, 0.05) is 0 Å². The fourth-order valence-electron chi connectivity index (χ4n) is 0.968. The Kier molecular flexibility index (Phi) is 4.07. The normalized spacial score (nSPS) is 10.9. The molecule has 0 aliphatic carbocycles. The van der Waals surface area contributed by atoms with E-state index in [2.05, 4.69) is 10.3 Å². The molecule has 1 rings (SSSR count). The van der Waals surface area contributed by atoms with Crippen LogP contribution in [0.15, 0.2) is 23.2 Å². The highest BCUT2D eigenvalue weighted by molar-refractivity contribution is 6.30. The number of amidine groups is 1. The van der Waals surface area contributed by atoms with Crippen LogP contribution in [0.5, 0.6) is 0 Å². The van der Waals surface area contributed by atoms with E-state index in [1.807, 2.05) is 0 Å². The van der Waals surface area contributed by atoms with Crippen LogP contribution in [0.4, 0.5) is 4.39 Å². The predicted octanol–water partition coefficient (Wildman–Crippen LogP) is 2.47. The van der Waals surface area contributed by atoms with Gasteiger partial charge in [-0.15, -0.1) is 0 Å². The Morgan fingerprint density at radius 3 is 3.00 bits per heavy atom. The minimum Gasteiger partial charge on any atom is -0.281 e. The fraction of sp³-hybridized carbons (Fsp3) is 0.200. The van der Waals surface area contributed by atoms with Crippen LogP contribution in [-0.2, 0) is 6.54 Å². The standard InChI is InChI=1S/C10H9ClFN3/c1-7(15-6-13)14-5-8-2-3-10(12)9(11)4-8/h2-4H,5H2,1H3,(H,14,15). The van der Waals surface area contributed by atoms with Crippen molar-refractivity contribution in [1.29, 1.82) is 5.26 Å². The number of hydrogen-bond donors (Lipinski definition) is 1. The van der Waals surface area contributed by atoms with Gasteiger partial charge < -0.3 is 0 Å². The van der Waals surface area contributed by atoms with Crippen molar-refractivity contribution in [3.63, 3.8) is 0 Å². The summed E-state index contributed by atoms with van der Waals surface area (Å²) >= 11 is 5.60. The smallest absolute Gasteiger partial charge is 0.182 e. The van der Waals surface area contributed by atoms with E-state index in [0.29, 0.717) is 12.4 Å². The lowest BCUT2D eigenvalue weighted by Gasteiger charge is -2.00. The molecule has 0 saturated heterocycles. The molecule has 0 aromatic heterocycles. The minimum absolute atomic E-state index is 0.0774. The maximum atomic E-state index is 12.8. The number of aliphatic imine (C=N–C) groups is 1. The first-order chi connectivity index (χ1) is 7.13. The zero-order valence-electron chi connectivity index (χ0n) is 8.09. The average molecular weight is 226 g/mol. The molecule has 1 N–H and O–H groups in total. The molecule has 15 heavy (non-hydrogen) atoms. The largest absolute Gasteiger partial charge is 0.281 e. The van der Waals surface area contributed by atoms with Gasteiger partial charge in [-0.3, -0.25) is 10.3 Å². The summed E-state index contributed by atoms with van der Waals surface area (Å²) in [6.45, 7) is 2.04.